The van der Waals surface area contributed by atoms with Gasteiger partial charge in [-0.3, -0.25) is 4.79 Å². The smallest absolute Gasteiger partial charge is 0.225 e. The lowest BCUT2D eigenvalue weighted by Gasteiger charge is -2.40. The molecule has 1 aromatic heterocycles. The first-order valence-corrected chi connectivity index (χ1v) is 11.8. The fourth-order valence-corrected chi connectivity index (χ4v) is 4.36. The normalized spacial score (nSPS) is 17.9. The van der Waals surface area contributed by atoms with Crippen molar-refractivity contribution in [3.05, 3.63) is 47.2 Å². The number of carbonyl (C=O) groups excluding carboxylic acids is 1. The number of piperazine rings is 1. The summed E-state index contributed by atoms with van der Waals surface area (Å²) in [6.07, 6.45) is 2.53. The van der Waals surface area contributed by atoms with Crippen LogP contribution >= 0.6 is 0 Å². The van der Waals surface area contributed by atoms with Crippen LogP contribution in [0.1, 0.15) is 48.9 Å². The van der Waals surface area contributed by atoms with Crippen LogP contribution in [-0.4, -0.2) is 62.3 Å². The fourth-order valence-electron chi connectivity index (χ4n) is 4.36. The standard InChI is InChI=1S/C26H32N4O4/c1-18-16-29(10-11-30(18)24(31)9-12-32-2)26-21(15-27)14-23(25(28-26)20-7-8-20)34-17-19-5-4-6-22(13-19)33-3/h4-6,13-14,18,20H,7-12,16-17H2,1-3H3. The topological polar surface area (TPSA) is 87.9 Å². The average molecular weight is 465 g/mol. The Hall–Kier alpha value is -3.31. The Morgan fingerprint density at radius 2 is 2.06 bits per heavy atom. The first kappa shape index (κ1) is 23.8. The molecule has 0 spiro atoms. The molecule has 8 heteroatoms. The minimum atomic E-state index is 0.0276. The number of ether oxygens (including phenoxy) is 3. The highest BCUT2D eigenvalue weighted by molar-refractivity contribution is 5.77. The Balaban J connectivity index is 1.52. The van der Waals surface area contributed by atoms with E-state index >= 15 is 0 Å². The van der Waals surface area contributed by atoms with Gasteiger partial charge >= 0.3 is 0 Å². The first-order valence-electron chi connectivity index (χ1n) is 11.8. The second-order valence-corrected chi connectivity index (χ2v) is 8.89. The Kier molecular flexibility index (Phi) is 7.53. The van der Waals surface area contributed by atoms with E-state index in [1.54, 1.807) is 14.2 Å². The van der Waals surface area contributed by atoms with E-state index in [1.807, 2.05) is 42.2 Å². The largest absolute Gasteiger partial charge is 0.497 e. The summed E-state index contributed by atoms with van der Waals surface area (Å²) >= 11 is 0. The maximum absolute atomic E-state index is 12.5. The van der Waals surface area contributed by atoms with Gasteiger partial charge in [0.05, 0.1) is 31.4 Å². The molecule has 1 aromatic carbocycles. The highest BCUT2D eigenvalue weighted by Crippen LogP contribution is 2.45. The zero-order valence-corrected chi connectivity index (χ0v) is 20.1. The van der Waals surface area contributed by atoms with Crippen molar-refractivity contribution in [1.29, 1.82) is 5.26 Å². The summed E-state index contributed by atoms with van der Waals surface area (Å²) < 4.78 is 16.5. The van der Waals surface area contributed by atoms with Crippen molar-refractivity contribution in [3.8, 4) is 17.6 Å². The monoisotopic (exact) mass is 464 g/mol. The molecule has 1 aliphatic carbocycles. The molecule has 34 heavy (non-hydrogen) atoms. The molecule has 1 unspecified atom stereocenters. The molecule has 180 valence electrons. The van der Waals surface area contributed by atoms with Crippen molar-refractivity contribution in [1.82, 2.24) is 9.88 Å². The molecule has 8 nitrogen and oxygen atoms in total. The summed E-state index contributed by atoms with van der Waals surface area (Å²) in [5.74, 6) is 2.60. The number of pyridine rings is 1. The van der Waals surface area contributed by atoms with Crippen molar-refractivity contribution < 1.29 is 19.0 Å². The molecular formula is C26H32N4O4. The maximum Gasteiger partial charge on any atom is 0.225 e. The number of rotatable bonds is 9. The summed E-state index contributed by atoms with van der Waals surface area (Å²) in [5.41, 5.74) is 2.41. The third kappa shape index (κ3) is 5.42. The van der Waals surface area contributed by atoms with Crippen LogP contribution in [-0.2, 0) is 16.1 Å². The van der Waals surface area contributed by atoms with E-state index in [0.29, 0.717) is 62.3 Å². The Morgan fingerprint density at radius 3 is 2.74 bits per heavy atom. The van der Waals surface area contributed by atoms with E-state index in [9.17, 15) is 10.1 Å². The van der Waals surface area contributed by atoms with Gasteiger partial charge in [0.15, 0.2) is 0 Å². The summed E-state index contributed by atoms with van der Waals surface area (Å²) in [6.45, 7) is 4.71. The van der Waals surface area contributed by atoms with Crippen LogP contribution in [0.4, 0.5) is 5.82 Å². The third-order valence-electron chi connectivity index (χ3n) is 6.38. The Labute approximate surface area is 201 Å². The molecule has 2 heterocycles. The molecule has 1 atom stereocenters. The number of anilines is 1. The number of nitriles is 1. The fraction of sp³-hybridized carbons (Fsp3) is 0.500. The molecule has 0 bridgehead atoms. The van der Waals surface area contributed by atoms with E-state index in [2.05, 4.69) is 11.0 Å². The number of amides is 1. The number of aromatic nitrogens is 1. The van der Waals surface area contributed by atoms with Crippen molar-refractivity contribution in [2.45, 2.75) is 44.8 Å². The summed E-state index contributed by atoms with van der Waals surface area (Å²) in [7, 11) is 3.24. The van der Waals surface area contributed by atoms with Crippen LogP contribution in [0.2, 0.25) is 0 Å². The van der Waals surface area contributed by atoms with Crippen LogP contribution in [0.3, 0.4) is 0 Å². The van der Waals surface area contributed by atoms with Crippen molar-refractivity contribution in [2.75, 3.05) is 45.4 Å². The van der Waals surface area contributed by atoms with Crippen LogP contribution in [0.25, 0.3) is 0 Å². The van der Waals surface area contributed by atoms with Crippen LogP contribution in [0.15, 0.2) is 30.3 Å². The van der Waals surface area contributed by atoms with Gasteiger partial charge in [-0.25, -0.2) is 4.98 Å². The highest BCUT2D eigenvalue weighted by atomic mass is 16.5. The van der Waals surface area contributed by atoms with Gasteiger partial charge in [-0.2, -0.15) is 5.26 Å². The van der Waals surface area contributed by atoms with Gasteiger partial charge in [0.25, 0.3) is 0 Å². The summed E-state index contributed by atoms with van der Waals surface area (Å²) in [4.78, 5) is 21.5. The van der Waals surface area contributed by atoms with E-state index in [4.69, 9.17) is 19.2 Å². The SMILES string of the molecule is COCCC(=O)N1CCN(c2nc(C3CC3)c(OCc3cccc(OC)c3)cc2C#N)CC1C. The second-order valence-electron chi connectivity index (χ2n) is 8.89. The number of hydrogen-bond acceptors (Lipinski definition) is 7. The molecular weight excluding hydrogens is 432 g/mol. The van der Waals surface area contributed by atoms with Crippen LogP contribution in [0, 0.1) is 11.3 Å². The van der Waals surface area contributed by atoms with Crippen molar-refractivity contribution in [3.63, 3.8) is 0 Å². The molecule has 1 saturated heterocycles. The number of hydrogen-bond donors (Lipinski definition) is 0. The molecule has 1 saturated carbocycles. The van der Waals surface area contributed by atoms with Crippen LogP contribution in [0.5, 0.6) is 11.5 Å². The number of benzene rings is 1. The minimum absolute atomic E-state index is 0.0276. The second kappa shape index (κ2) is 10.7. The quantitative estimate of drug-likeness (QED) is 0.561. The average Bonchev–Trinajstić information content (AvgIpc) is 3.71. The van der Waals surface area contributed by atoms with Gasteiger partial charge in [0, 0.05) is 44.8 Å². The number of methoxy groups -OCH3 is 2. The lowest BCUT2D eigenvalue weighted by molar-refractivity contribution is -0.134. The summed E-state index contributed by atoms with van der Waals surface area (Å²) in [6, 6.07) is 11.9. The lowest BCUT2D eigenvalue weighted by atomic mass is 10.1. The van der Waals surface area contributed by atoms with Gasteiger partial charge in [-0.15, -0.1) is 0 Å². The van der Waals surface area contributed by atoms with Crippen molar-refractivity contribution in [2.24, 2.45) is 0 Å². The Morgan fingerprint density at radius 1 is 1.24 bits per heavy atom. The molecule has 2 aliphatic rings. The van der Waals surface area contributed by atoms with Gasteiger partial charge in [0.1, 0.15) is 30.0 Å². The maximum atomic E-state index is 12.5. The molecule has 2 fully saturated rings. The third-order valence-corrected chi connectivity index (χ3v) is 6.38. The van der Waals surface area contributed by atoms with E-state index < -0.39 is 0 Å². The zero-order chi connectivity index (χ0) is 24.1. The summed E-state index contributed by atoms with van der Waals surface area (Å²) in [5, 5.41) is 9.91. The van der Waals surface area contributed by atoms with Gasteiger partial charge < -0.3 is 24.0 Å². The van der Waals surface area contributed by atoms with E-state index in [-0.39, 0.29) is 11.9 Å². The highest BCUT2D eigenvalue weighted by Gasteiger charge is 2.33. The van der Waals surface area contributed by atoms with Gasteiger partial charge in [-0.05, 0) is 37.5 Å². The van der Waals surface area contributed by atoms with Gasteiger partial charge in [-0.1, -0.05) is 12.1 Å². The predicted octanol–water partition coefficient (Wildman–Crippen LogP) is 3.49. The predicted molar refractivity (Wildman–Crippen MR) is 128 cm³/mol. The van der Waals surface area contributed by atoms with Gasteiger partial charge in [0.2, 0.25) is 5.91 Å². The number of nitrogens with zero attached hydrogens (tertiary/aromatic N) is 4. The molecule has 1 aliphatic heterocycles. The molecule has 2 aromatic rings. The molecule has 0 N–H and O–H groups in total. The van der Waals surface area contributed by atoms with E-state index in [0.717, 1.165) is 29.8 Å². The van der Waals surface area contributed by atoms with E-state index in [1.165, 1.54) is 0 Å². The molecule has 1 amide bonds. The zero-order valence-electron chi connectivity index (χ0n) is 20.1. The molecule has 4 rings (SSSR count). The van der Waals surface area contributed by atoms with Crippen molar-refractivity contribution >= 4 is 11.7 Å². The molecule has 0 radical (unpaired) electrons. The number of carbonyl (C=O) groups is 1. The Bertz CT molecular complexity index is 1060. The minimum Gasteiger partial charge on any atom is -0.497 e. The van der Waals surface area contributed by atoms with Crippen LogP contribution < -0.4 is 14.4 Å². The lowest BCUT2D eigenvalue weighted by Crippen LogP contribution is -2.54. The first-order chi connectivity index (χ1) is 16.5.